The van der Waals surface area contributed by atoms with Crippen molar-refractivity contribution < 1.29 is 9.42 Å². The van der Waals surface area contributed by atoms with Gasteiger partial charge in [-0.05, 0) is 38.5 Å². The molecule has 0 rings (SSSR count). The van der Waals surface area contributed by atoms with E-state index in [-0.39, 0.29) is 0 Å². The monoisotopic (exact) mass is 328 g/mol. The first-order valence-electron chi connectivity index (χ1n) is 9.11. The summed E-state index contributed by atoms with van der Waals surface area (Å²) in [6, 6.07) is 0. The van der Waals surface area contributed by atoms with Gasteiger partial charge < -0.3 is 9.42 Å². The minimum atomic E-state index is -1.15. The number of hydrogen-bond acceptors (Lipinski definition) is 2. The average Bonchev–Trinajstić information content (AvgIpc) is 2.54. The molecule has 0 saturated carbocycles. The highest BCUT2D eigenvalue weighted by Gasteiger charge is 2.00. The summed E-state index contributed by atoms with van der Waals surface area (Å²) >= 11 is 0. The van der Waals surface area contributed by atoms with Crippen molar-refractivity contribution >= 4 is 8.38 Å². The maximum Gasteiger partial charge on any atom is 0.167 e. The van der Waals surface area contributed by atoms with Gasteiger partial charge in [-0.1, -0.05) is 69.8 Å². The molecule has 0 radical (unpaired) electrons. The predicted octanol–water partition coefficient (Wildman–Crippen LogP) is 6.75. The summed E-state index contributed by atoms with van der Waals surface area (Å²) < 4.78 is 4.87. The molecule has 2 nitrogen and oxygen atoms in total. The molecule has 0 aromatic rings. The van der Waals surface area contributed by atoms with Crippen LogP contribution in [0.2, 0.25) is 0 Å². The molecule has 3 heteroatoms. The lowest BCUT2D eigenvalue weighted by Gasteiger charge is -2.05. The fraction of sp³-hybridized carbons (Fsp3) is 0.789. The van der Waals surface area contributed by atoms with E-state index in [1.54, 1.807) is 7.11 Å². The smallest absolute Gasteiger partial charge is 0.167 e. The lowest BCUT2D eigenvalue weighted by Crippen LogP contribution is -1.86. The maximum absolute atomic E-state index is 9.29. The Bertz CT molecular complexity index is 264. The normalized spacial score (nSPS) is 13.4. The zero-order valence-corrected chi connectivity index (χ0v) is 15.7. The standard InChI is InChI=1S/C19H37O2P/c1-3-4-5-6-7-8-9-10-11-12-13-14-15-16-17-18-19-22(20)21-2/h10-11,13-14,20H,3-9,12,15-19H2,1-2H3/b11-10-,14-13-/t22-/m0/s1. The van der Waals surface area contributed by atoms with Crippen LogP contribution in [-0.4, -0.2) is 18.2 Å². The quantitative estimate of drug-likeness (QED) is 0.193. The highest BCUT2D eigenvalue weighted by molar-refractivity contribution is 7.46. The molecule has 0 bridgehead atoms. The third-order valence-corrected chi connectivity index (χ3v) is 4.88. The molecular weight excluding hydrogens is 291 g/mol. The van der Waals surface area contributed by atoms with Gasteiger partial charge in [-0.3, -0.25) is 0 Å². The second-order valence-electron chi connectivity index (χ2n) is 5.84. The summed E-state index contributed by atoms with van der Waals surface area (Å²) in [4.78, 5) is 9.29. The highest BCUT2D eigenvalue weighted by Crippen LogP contribution is 2.30. The summed E-state index contributed by atoms with van der Waals surface area (Å²) in [5.74, 6) is 0. The van der Waals surface area contributed by atoms with Gasteiger partial charge in [0.1, 0.15) is 0 Å². The molecule has 22 heavy (non-hydrogen) atoms. The Balaban J connectivity index is 3.21. The summed E-state index contributed by atoms with van der Waals surface area (Å²) in [6.07, 6.45) is 25.2. The van der Waals surface area contributed by atoms with Crippen LogP contribution in [0.15, 0.2) is 24.3 Å². The summed E-state index contributed by atoms with van der Waals surface area (Å²) in [6.45, 7) is 2.27. The lowest BCUT2D eigenvalue weighted by atomic mass is 10.1. The van der Waals surface area contributed by atoms with Gasteiger partial charge in [-0.2, -0.15) is 0 Å². The van der Waals surface area contributed by atoms with E-state index in [0.717, 1.165) is 25.4 Å². The molecule has 130 valence electrons. The first-order valence-corrected chi connectivity index (χ1v) is 10.5. The van der Waals surface area contributed by atoms with Crippen molar-refractivity contribution in [1.29, 1.82) is 0 Å². The van der Waals surface area contributed by atoms with E-state index in [1.165, 1.54) is 57.8 Å². The van der Waals surface area contributed by atoms with E-state index >= 15 is 0 Å². The predicted molar refractivity (Wildman–Crippen MR) is 100 cm³/mol. The van der Waals surface area contributed by atoms with Crippen molar-refractivity contribution in [3.63, 3.8) is 0 Å². The van der Waals surface area contributed by atoms with Gasteiger partial charge in [0, 0.05) is 13.3 Å². The summed E-state index contributed by atoms with van der Waals surface area (Å²) in [7, 11) is 0.430. The number of unbranched alkanes of at least 4 members (excludes halogenated alkanes) is 9. The van der Waals surface area contributed by atoms with E-state index in [9.17, 15) is 4.89 Å². The Morgan fingerprint density at radius 1 is 0.773 bits per heavy atom. The van der Waals surface area contributed by atoms with Crippen LogP contribution in [0.1, 0.15) is 84.0 Å². The van der Waals surface area contributed by atoms with Gasteiger partial charge in [0.2, 0.25) is 0 Å². The Kier molecular flexibility index (Phi) is 18.7. The van der Waals surface area contributed by atoms with E-state index in [0.29, 0.717) is 0 Å². The van der Waals surface area contributed by atoms with Crippen LogP contribution in [-0.2, 0) is 4.52 Å². The molecule has 0 spiro atoms. The molecule has 0 heterocycles. The molecule has 0 saturated heterocycles. The van der Waals surface area contributed by atoms with Crippen molar-refractivity contribution in [2.24, 2.45) is 0 Å². The molecule has 1 N–H and O–H groups in total. The lowest BCUT2D eigenvalue weighted by molar-refractivity contribution is 0.388. The van der Waals surface area contributed by atoms with Crippen LogP contribution >= 0.6 is 8.38 Å². The minimum absolute atomic E-state index is 0.816. The van der Waals surface area contributed by atoms with Gasteiger partial charge in [-0.25, -0.2) is 0 Å². The average molecular weight is 328 g/mol. The van der Waals surface area contributed by atoms with E-state index in [1.807, 2.05) is 0 Å². The van der Waals surface area contributed by atoms with E-state index in [4.69, 9.17) is 4.52 Å². The molecule has 0 unspecified atom stereocenters. The van der Waals surface area contributed by atoms with Crippen molar-refractivity contribution in [1.82, 2.24) is 0 Å². The molecule has 0 aromatic heterocycles. The van der Waals surface area contributed by atoms with Crippen LogP contribution in [0.3, 0.4) is 0 Å². The Labute approximate surface area is 140 Å². The minimum Gasteiger partial charge on any atom is -0.350 e. The van der Waals surface area contributed by atoms with Gasteiger partial charge in [0.25, 0.3) is 0 Å². The maximum atomic E-state index is 9.29. The molecule has 0 amide bonds. The van der Waals surface area contributed by atoms with Gasteiger partial charge in [0.05, 0.1) is 0 Å². The SMILES string of the molecule is CCCCCCCC/C=C\C/C=C\CCCCC[P@@](O)OC. The molecule has 0 aliphatic rings. The number of rotatable bonds is 16. The fourth-order valence-electron chi connectivity index (χ4n) is 2.33. The van der Waals surface area contributed by atoms with Crippen molar-refractivity contribution in [2.45, 2.75) is 84.0 Å². The zero-order chi connectivity index (χ0) is 16.3. The van der Waals surface area contributed by atoms with Crippen LogP contribution < -0.4 is 0 Å². The van der Waals surface area contributed by atoms with Crippen molar-refractivity contribution in [3.8, 4) is 0 Å². The van der Waals surface area contributed by atoms with Gasteiger partial charge in [0.15, 0.2) is 8.38 Å². The summed E-state index contributed by atoms with van der Waals surface area (Å²) in [5.41, 5.74) is 0. The second kappa shape index (κ2) is 18.9. The molecule has 0 fully saturated rings. The number of hydrogen-bond donors (Lipinski definition) is 1. The van der Waals surface area contributed by atoms with Gasteiger partial charge >= 0.3 is 0 Å². The van der Waals surface area contributed by atoms with E-state index in [2.05, 4.69) is 31.2 Å². The fourth-order valence-corrected chi connectivity index (χ4v) is 3.00. The first kappa shape index (κ1) is 21.8. The molecule has 1 atom stereocenters. The van der Waals surface area contributed by atoms with Crippen LogP contribution in [0.25, 0.3) is 0 Å². The van der Waals surface area contributed by atoms with Crippen LogP contribution in [0.4, 0.5) is 0 Å². The largest absolute Gasteiger partial charge is 0.350 e. The van der Waals surface area contributed by atoms with Crippen molar-refractivity contribution in [3.05, 3.63) is 24.3 Å². The van der Waals surface area contributed by atoms with Crippen LogP contribution in [0, 0.1) is 0 Å². The molecular formula is C19H37O2P. The third-order valence-electron chi connectivity index (χ3n) is 3.76. The number of allylic oxidation sites excluding steroid dienone is 4. The Morgan fingerprint density at radius 2 is 1.32 bits per heavy atom. The van der Waals surface area contributed by atoms with Crippen LogP contribution in [0.5, 0.6) is 0 Å². The molecule has 0 aliphatic heterocycles. The second-order valence-corrected chi connectivity index (χ2v) is 7.36. The third kappa shape index (κ3) is 17.9. The molecule has 0 aromatic carbocycles. The highest BCUT2D eigenvalue weighted by atomic mass is 31.2. The van der Waals surface area contributed by atoms with E-state index < -0.39 is 8.38 Å². The first-order chi connectivity index (χ1) is 10.8. The van der Waals surface area contributed by atoms with Crippen molar-refractivity contribution in [2.75, 3.05) is 13.3 Å². The van der Waals surface area contributed by atoms with Gasteiger partial charge in [-0.15, -0.1) is 0 Å². The Hall–Kier alpha value is -0.170. The summed E-state index contributed by atoms with van der Waals surface area (Å²) in [5, 5.41) is 0. The Morgan fingerprint density at radius 3 is 1.91 bits per heavy atom. The zero-order valence-electron chi connectivity index (χ0n) is 14.8. The molecule has 0 aliphatic carbocycles. The topological polar surface area (TPSA) is 29.5 Å².